The number of nitrogens with one attached hydrogen (secondary N) is 1. The SMILES string of the molecule is O=C([C@@H](NS(=O)(=O)C1CCCC1)c1ccccc1)N1CCOCC1. The first-order valence-corrected chi connectivity index (χ1v) is 10.1. The van der Waals surface area contributed by atoms with Crippen molar-refractivity contribution >= 4 is 15.9 Å². The van der Waals surface area contributed by atoms with Crippen LogP contribution in [0.2, 0.25) is 0 Å². The van der Waals surface area contributed by atoms with Crippen LogP contribution in [0.1, 0.15) is 37.3 Å². The van der Waals surface area contributed by atoms with Gasteiger partial charge >= 0.3 is 0 Å². The Labute approximate surface area is 143 Å². The fraction of sp³-hybridized carbons (Fsp3) is 0.588. The smallest absolute Gasteiger partial charge is 0.245 e. The van der Waals surface area contributed by atoms with E-state index in [1.54, 1.807) is 17.0 Å². The summed E-state index contributed by atoms with van der Waals surface area (Å²) in [6.45, 7) is 1.96. The molecule has 1 aromatic rings. The second-order valence-electron chi connectivity index (χ2n) is 6.35. The van der Waals surface area contributed by atoms with Gasteiger partial charge in [-0.25, -0.2) is 8.42 Å². The maximum atomic E-state index is 12.9. The average molecular weight is 352 g/mol. The lowest BCUT2D eigenvalue weighted by molar-refractivity contribution is -0.137. The number of hydrogen-bond acceptors (Lipinski definition) is 4. The van der Waals surface area contributed by atoms with Crippen molar-refractivity contribution in [2.45, 2.75) is 37.0 Å². The summed E-state index contributed by atoms with van der Waals surface area (Å²) in [5.74, 6) is -0.203. The third-order valence-electron chi connectivity index (χ3n) is 4.73. The summed E-state index contributed by atoms with van der Waals surface area (Å²) in [5, 5.41) is -0.388. The second kappa shape index (κ2) is 7.63. The predicted octanol–water partition coefficient (Wildman–Crippen LogP) is 1.45. The topological polar surface area (TPSA) is 75.7 Å². The molecule has 1 aliphatic carbocycles. The Morgan fingerprint density at radius 2 is 1.75 bits per heavy atom. The first-order chi connectivity index (χ1) is 11.6. The number of carbonyl (C=O) groups is 1. The highest BCUT2D eigenvalue weighted by Crippen LogP contribution is 2.26. The minimum Gasteiger partial charge on any atom is -0.378 e. The zero-order valence-corrected chi connectivity index (χ0v) is 14.5. The molecular formula is C17H24N2O4S. The minimum atomic E-state index is -3.52. The third-order valence-corrected chi connectivity index (χ3v) is 6.64. The fourth-order valence-corrected chi connectivity index (χ4v) is 5.04. The van der Waals surface area contributed by atoms with Gasteiger partial charge in [0.2, 0.25) is 15.9 Å². The number of amides is 1. The largest absolute Gasteiger partial charge is 0.378 e. The Morgan fingerprint density at radius 1 is 1.12 bits per heavy atom. The molecule has 1 N–H and O–H groups in total. The van der Waals surface area contributed by atoms with E-state index in [9.17, 15) is 13.2 Å². The summed E-state index contributed by atoms with van der Waals surface area (Å²) in [6, 6.07) is 8.21. The Kier molecular flexibility index (Phi) is 5.53. The first-order valence-electron chi connectivity index (χ1n) is 8.50. The van der Waals surface area contributed by atoms with Crippen LogP contribution in [0.3, 0.4) is 0 Å². The zero-order chi connectivity index (χ0) is 17.0. The van der Waals surface area contributed by atoms with Crippen LogP contribution in [-0.2, 0) is 19.6 Å². The van der Waals surface area contributed by atoms with Crippen LogP contribution in [0.15, 0.2) is 30.3 Å². The van der Waals surface area contributed by atoms with E-state index in [2.05, 4.69) is 4.72 Å². The lowest BCUT2D eigenvalue weighted by atomic mass is 10.1. The highest BCUT2D eigenvalue weighted by atomic mass is 32.2. The molecule has 6 nitrogen and oxygen atoms in total. The van der Waals surface area contributed by atoms with Gasteiger partial charge in [0.1, 0.15) is 6.04 Å². The zero-order valence-electron chi connectivity index (χ0n) is 13.7. The van der Waals surface area contributed by atoms with Gasteiger partial charge in [-0.2, -0.15) is 4.72 Å². The van der Waals surface area contributed by atoms with E-state index >= 15 is 0 Å². The van der Waals surface area contributed by atoms with Crippen molar-refractivity contribution in [3.63, 3.8) is 0 Å². The molecule has 1 saturated heterocycles. The van der Waals surface area contributed by atoms with Gasteiger partial charge in [-0.1, -0.05) is 43.2 Å². The molecule has 1 atom stereocenters. The van der Waals surface area contributed by atoms with Gasteiger partial charge in [-0.15, -0.1) is 0 Å². The number of nitrogens with zero attached hydrogens (tertiary/aromatic N) is 1. The molecule has 1 saturated carbocycles. The molecule has 2 aliphatic rings. The molecule has 1 heterocycles. The lowest BCUT2D eigenvalue weighted by Gasteiger charge is -2.31. The normalized spacial score (nSPS) is 20.9. The van der Waals surface area contributed by atoms with Crippen molar-refractivity contribution in [2.75, 3.05) is 26.3 Å². The van der Waals surface area contributed by atoms with Crippen LogP contribution in [0.25, 0.3) is 0 Å². The van der Waals surface area contributed by atoms with E-state index in [-0.39, 0.29) is 11.2 Å². The van der Waals surface area contributed by atoms with Crippen LogP contribution in [-0.4, -0.2) is 50.8 Å². The number of carbonyl (C=O) groups excluding carboxylic acids is 1. The quantitative estimate of drug-likeness (QED) is 0.870. The van der Waals surface area contributed by atoms with Crippen molar-refractivity contribution in [3.8, 4) is 0 Å². The summed E-state index contributed by atoms with van der Waals surface area (Å²) in [7, 11) is -3.52. The number of hydrogen-bond donors (Lipinski definition) is 1. The van der Waals surface area contributed by atoms with E-state index in [4.69, 9.17) is 4.74 Å². The van der Waals surface area contributed by atoms with Crippen molar-refractivity contribution in [3.05, 3.63) is 35.9 Å². The molecule has 0 bridgehead atoms. The highest BCUT2D eigenvalue weighted by molar-refractivity contribution is 7.90. The number of rotatable bonds is 5. The summed E-state index contributed by atoms with van der Waals surface area (Å²) in [6.07, 6.45) is 3.20. The van der Waals surface area contributed by atoms with Gasteiger partial charge in [-0.3, -0.25) is 4.79 Å². The van der Waals surface area contributed by atoms with E-state index in [1.165, 1.54) is 0 Å². The number of sulfonamides is 1. The third kappa shape index (κ3) is 3.96. The van der Waals surface area contributed by atoms with Gasteiger partial charge in [0.05, 0.1) is 18.5 Å². The van der Waals surface area contributed by atoms with E-state index in [0.29, 0.717) is 44.7 Å². The molecule has 1 aliphatic heterocycles. The fourth-order valence-electron chi connectivity index (χ4n) is 3.33. The molecule has 0 aromatic heterocycles. The monoisotopic (exact) mass is 352 g/mol. The molecule has 7 heteroatoms. The van der Waals surface area contributed by atoms with Crippen molar-refractivity contribution in [2.24, 2.45) is 0 Å². The molecular weight excluding hydrogens is 328 g/mol. The van der Waals surface area contributed by atoms with Crippen LogP contribution in [0, 0.1) is 0 Å². The summed E-state index contributed by atoms with van der Waals surface area (Å²) >= 11 is 0. The van der Waals surface area contributed by atoms with E-state index < -0.39 is 16.1 Å². The van der Waals surface area contributed by atoms with Gasteiger partial charge in [0.25, 0.3) is 0 Å². The Morgan fingerprint density at radius 3 is 2.38 bits per heavy atom. The molecule has 1 amide bonds. The van der Waals surface area contributed by atoms with Crippen molar-refractivity contribution in [1.29, 1.82) is 0 Å². The van der Waals surface area contributed by atoms with E-state index in [0.717, 1.165) is 12.8 Å². The number of ether oxygens (including phenoxy) is 1. The highest BCUT2D eigenvalue weighted by Gasteiger charge is 2.35. The van der Waals surface area contributed by atoms with Crippen LogP contribution in [0.4, 0.5) is 0 Å². The number of benzene rings is 1. The molecule has 1 aromatic carbocycles. The van der Waals surface area contributed by atoms with E-state index in [1.807, 2.05) is 18.2 Å². The minimum absolute atomic E-state index is 0.203. The number of morpholine rings is 1. The predicted molar refractivity (Wildman–Crippen MR) is 90.9 cm³/mol. The molecule has 0 radical (unpaired) electrons. The van der Waals surface area contributed by atoms with Crippen LogP contribution >= 0.6 is 0 Å². The summed E-state index contributed by atoms with van der Waals surface area (Å²) in [4.78, 5) is 14.6. The van der Waals surface area contributed by atoms with Gasteiger partial charge in [-0.05, 0) is 18.4 Å². The molecule has 3 rings (SSSR count). The van der Waals surface area contributed by atoms with Gasteiger partial charge in [0, 0.05) is 13.1 Å². The summed E-state index contributed by atoms with van der Waals surface area (Å²) < 4.78 is 33.4. The van der Waals surface area contributed by atoms with Crippen molar-refractivity contribution in [1.82, 2.24) is 9.62 Å². The maximum Gasteiger partial charge on any atom is 0.245 e. The van der Waals surface area contributed by atoms with Gasteiger partial charge in [0.15, 0.2) is 0 Å². The Balaban J connectivity index is 1.83. The second-order valence-corrected chi connectivity index (χ2v) is 8.34. The molecule has 24 heavy (non-hydrogen) atoms. The van der Waals surface area contributed by atoms with Crippen LogP contribution < -0.4 is 4.72 Å². The molecule has 0 spiro atoms. The van der Waals surface area contributed by atoms with Gasteiger partial charge < -0.3 is 9.64 Å². The Bertz CT molecular complexity index is 650. The first kappa shape index (κ1) is 17.4. The van der Waals surface area contributed by atoms with Crippen LogP contribution in [0.5, 0.6) is 0 Å². The molecule has 2 fully saturated rings. The summed E-state index contributed by atoms with van der Waals surface area (Å²) in [5.41, 5.74) is 0.676. The molecule has 0 unspecified atom stereocenters. The Hall–Kier alpha value is -1.44. The standard InChI is InChI=1S/C17H24N2O4S/c20-17(19-10-12-23-13-11-19)16(14-6-2-1-3-7-14)18-24(21,22)15-8-4-5-9-15/h1-3,6-7,15-16,18H,4-5,8-13H2/t16-/m0/s1. The maximum absolute atomic E-state index is 12.9. The van der Waals surface area contributed by atoms with Crippen molar-refractivity contribution < 1.29 is 17.9 Å². The molecule has 132 valence electrons. The lowest BCUT2D eigenvalue weighted by Crippen LogP contribution is -2.48. The average Bonchev–Trinajstić information content (AvgIpc) is 3.16.